The van der Waals surface area contributed by atoms with E-state index in [1.807, 2.05) is 77.7 Å². The molecular weight excluding hydrogens is 618 g/mol. The van der Waals surface area contributed by atoms with Gasteiger partial charge in [0.15, 0.2) is 0 Å². The van der Waals surface area contributed by atoms with Crippen molar-refractivity contribution in [3.63, 3.8) is 0 Å². The number of fused-ring (bicyclic) bond motifs is 1. The predicted molar refractivity (Wildman–Crippen MR) is 186 cm³/mol. The number of carbonyl (C=O) groups is 2. The van der Waals surface area contributed by atoms with Crippen LogP contribution in [0.1, 0.15) is 49.7 Å². The van der Waals surface area contributed by atoms with Crippen LogP contribution in [-0.2, 0) is 21.7 Å². The number of carbonyl (C=O) groups excluding carboxylic acids is 2. The number of hydrogen-bond donors (Lipinski definition) is 1. The van der Waals surface area contributed by atoms with Gasteiger partial charge in [-0.2, -0.15) is 0 Å². The van der Waals surface area contributed by atoms with Gasteiger partial charge in [0.05, 0.1) is 6.54 Å². The van der Waals surface area contributed by atoms with E-state index in [-0.39, 0.29) is 36.5 Å². The highest BCUT2D eigenvalue weighted by atomic mass is 16.6. The number of aromatic nitrogens is 2. The van der Waals surface area contributed by atoms with E-state index in [1.165, 1.54) is 0 Å². The van der Waals surface area contributed by atoms with Crippen LogP contribution in [0.25, 0.3) is 22.2 Å². The maximum Gasteiger partial charge on any atom is 0.410 e. The normalized spacial score (nSPS) is 22.1. The molecule has 3 aliphatic rings. The van der Waals surface area contributed by atoms with Crippen molar-refractivity contribution >= 4 is 23.0 Å². The van der Waals surface area contributed by atoms with Crippen molar-refractivity contribution in [1.29, 1.82) is 0 Å². The first-order valence-corrected chi connectivity index (χ1v) is 17.6. The molecule has 1 aliphatic carbocycles. The van der Waals surface area contributed by atoms with Crippen LogP contribution in [0.5, 0.6) is 0 Å². The number of aliphatic hydroxyl groups is 1. The monoisotopic (exact) mass is 663 g/mol. The van der Waals surface area contributed by atoms with Crippen molar-refractivity contribution in [2.24, 2.45) is 11.8 Å². The molecule has 256 valence electrons. The molecule has 2 saturated heterocycles. The van der Waals surface area contributed by atoms with Crippen LogP contribution in [0.4, 0.5) is 4.79 Å². The number of β-amino-alcohol motifs (C(OH)–C–C–N with tert-alkyl or cyclic N) is 1. The van der Waals surface area contributed by atoms with Gasteiger partial charge in [0, 0.05) is 50.6 Å². The van der Waals surface area contributed by atoms with Gasteiger partial charge >= 0.3 is 6.09 Å². The van der Waals surface area contributed by atoms with E-state index in [4.69, 9.17) is 9.37 Å². The first-order chi connectivity index (χ1) is 23.9. The van der Waals surface area contributed by atoms with Crippen molar-refractivity contribution < 1.29 is 24.1 Å². The predicted octanol–water partition coefficient (Wildman–Crippen LogP) is 6.02. The minimum atomic E-state index is -1.09. The fourth-order valence-corrected chi connectivity index (χ4v) is 7.98. The number of likely N-dealkylation sites (tertiary alicyclic amines) is 2. The third-order valence-corrected chi connectivity index (χ3v) is 10.8. The SMILES string of the molecule is C=CCN(C(=O)OCc1ccc(-c2ccc3nonc3c2)cc1)C1CCN(C[C@H]2CN(C(=O)C3CCCC3)C[C@]2(O)c2ccccc2)CC1. The lowest BCUT2D eigenvalue weighted by Crippen LogP contribution is -2.50. The molecule has 4 aromatic rings. The van der Waals surface area contributed by atoms with Gasteiger partial charge in [0.1, 0.15) is 23.2 Å². The zero-order chi connectivity index (χ0) is 33.8. The second-order valence-corrected chi connectivity index (χ2v) is 13.9. The highest BCUT2D eigenvalue weighted by Gasteiger charge is 2.49. The summed E-state index contributed by atoms with van der Waals surface area (Å²) in [5, 5.41) is 19.9. The van der Waals surface area contributed by atoms with Gasteiger partial charge in [-0.1, -0.05) is 79.6 Å². The lowest BCUT2D eigenvalue weighted by Gasteiger charge is -2.40. The summed E-state index contributed by atoms with van der Waals surface area (Å²) in [5.41, 5.74) is 4.12. The molecule has 7 rings (SSSR count). The van der Waals surface area contributed by atoms with E-state index in [2.05, 4.69) is 21.8 Å². The molecule has 0 bridgehead atoms. The smallest absolute Gasteiger partial charge is 0.410 e. The molecule has 10 nitrogen and oxygen atoms in total. The Morgan fingerprint density at radius 3 is 2.41 bits per heavy atom. The Labute approximate surface area is 287 Å². The number of ether oxygens (including phenoxy) is 1. The summed E-state index contributed by atoms with van der Waals surface area (Å²) in [6.45, 7) is 7.66. The number of rotatable bonds is 10. The van der Waals surface area contributed by atoms with Gasteiger partial charge in [-0.25, -0.2) is 9.42 Å². The van der Waals surface area contributed by atoms with Crippen LogP contribution < -0.4 is 0 Å². The average molecular weight is 664 g/mol. The summed E-state index contributed by atoms with van der Waals surface area (Å²) in [6, 6.07) is 23.6. The minimum Gasteiger partial charge on any atom is -0.445 e. The molecule has 1 aromatic heterocycles. The Bertz CT molecular complexity index is 1750. The van der Waals surface area contributed by atoms with Gasteiger partial charge in [-0.05, 0) is 70.4 Å². The zero-order valence-electron chi connectivity index (χ0n) is 28.0. The molecule has 2 amide bonds. The van der Waals surface area contributed by atoms with Gasteiger partial charge in [0.25, 0.3) is 0 Å². The van der Waals surface area contributed by atoms with E-state index in [9.17, 15) is 14.7 Å². The van der Waals surface area contributed by atoms with Crippen LogP contribution >= 0.6 is 0 Å². The molecule has 1 saturated carbocycles. The topological polar surface area (TPSA) is 112 Å². The molecule has 10 heteroatoms. The summed E-state index contributed by atoms with van der Waals surface area (Å²) in [4.78, 5) is 32.9. The second-order valence-electron chi connectivity index (χ2n) is 13.9. The molecule has 0 spiro atoms. The van der Waals surface area contributed by atoms with Crippen molar-refractivity contribution in [3.8, 4) is 11.1 Å². The molecule has 2 aliphatic heterocycles. The van der Waals surface area contributed by atoms with Crippen LogP contribution in [0.2, 0.25) is 0 Å². The quantitative estimate of drug-likeness (QED) is 0.205. The second kappa shape index (κ2) is 14.5. The summed E-state index contributed by atoms with van der Waals surface area (Å²) < 4.78 is 10.6. The van der Waals surface area contributed by atoms with E-state index >= 15 is 0 Å². The highest BCUT2D eigenvalue weighted by Crippen LogP contribution is 2.40. The summed E-state index contributed by atoms with van der Waals surface area (Å²) in [6.07, 6.45) is 7.11. The maximum absolute atomic E-state index is 13.4. The molecular formula is C39H45N5O5. The van der Waals surface area contributed by atoms with Gasteiger partial charge < -0.3 is 24.5 Å². The number of nitrogens with zero attached hydrogens (tertiary/aromatic N) is 5. The average Bonchev–Trinajstić information content (AvgIpc) is 3.92. The van der Waals surface area contributed by atoms with E-state index in [1.54, 1.807) is 11.0 Å². The molecule has 49 heavy (non-hydrogen) atoms. The standard InChI is InChI=1S/C39H45N5O5/c1-2-20-44(38(46)48-26-28-12-14-29(15-13-28)31-16-17-35-36(23-31)41-49-40-35)34-18-21-42(22-19-34)24-33-25-43(37(45)30-8-6-7-9-30)27-39(33,47)32-10-4-3-5-11-32/h2-5,10-17,23,30,33-34,47H,1,6-9,18-22,24-27H2/t33-,39-/m0/s1. The Hall–Kier alpha value is -4.54. The Balaban J connectivity index is 0.945. The fraction of sp³-hybridized carbons (Fsp3) is 0.436. The number of amides is 2. The summed E-state index contributed by atoms with van der Waals surface area (Å²) in [5.74, 6) is 0.189. The molecule has 2 atom stereocenters. The summed E-state index contributed by atoms with van der Waals surface area (Å²) in [7, 11) is 0. The first-order valence-electron chi connectivity index (χ1n) is 17.6. The minimum absolute atomic E-state index is 0.0297. The van der Waals surface area contributed by atoms with Crippen LogP contribution in [0, 0.1) is 11.8 Å². The Kier molecular flexibility index (Phi) is 9.77. The van der Waals surface area contributed by atoms with Gasteiger partial charge in [0.2, 0.25) is 5.91 Å². The Morgan fingerprint density at radius 2 is 1.67 bits per heavy atom. The van der Waals surface area contributed by atoms with Crippen molar-refractivity contribution in [3.05, 3.63) is 96.6 Å². The molecule has 3 aromatic carbocycles. The summed E-state index contributed by atoms with van der Waals surface area (Å²) >= 11 is 0. The van der Waals surface area contributed by atoms with Gasteiger partial charge in [-0.15, -0.1) is 6.58 Å². The molecule has 0 radical (unpaired) electrons. The molecule has 1 N–H and O–H groups in total. The van der Waals surface area contributed by atoms with Crippen LogP contribution in [0.15, 0.2) is 90.1 Å². The lowest BCUT2D eigenvalue weighted by molar-refractivity contribution is -0.135. The fourth-order valence-electron chi connectivity index (χ4n) is 7.98. The van der Waals surface area contributed by atoms with Crippen LogP contribution in [0.3, 0.4) is 0 Å². The molecule has 3 fully saturated rings. The highest BCUT2D eigenvalue weighted by molar-refractivity contribution is 5.81. The van der Waals surface area contributed by atoms with E-state index in [0.717, 1.165) is 73.9 Å². The van der Waals surface area contributed by atoms with Gasteiger partial charge in [-0.3, -0.25) is 4.79 Å². The molecule has 0 unspecified atom stereocenters. The number of hydrogen-bond acceptors (Lipinski definition) is 8. The number of benzene rings is 3. The van der Waals surface area contributed by atoms with E-state index < -0.39 is 5.60 Å². The third-order valence-electron chi connectivity index (χ3n) is 10.8. The largest absolute Gasteiger partial charge is 0.445 e. The van der Waals surface area contributed by atoms with Crippen molar-refractivity contribution in [2.75, 3.05) is 39.3 Å². The third kappa shape index (κ3) is 7.12. The Morgan fingerprint density at radius 1 is 0.959 bits per heavy atom. The van der Waals surface area contributed by atoms with Crippen molar-refractivity contribution in [1.82, 2.24) is 25.0 Å². The van der Waals surface area contributed by atoms with Crippen LogP contribution in [-0.4, -0.2) is 87.4 Å². The lowest BCUT2D eigenvalue weighted by atomic mass is 9.83. The maximum atomic E-state index is 13.4. The van der Waals surface area contributed by atoms with Crippen molar-refractivity contribution in [2.45, 2.75) is 56.8 Å². The molecule has 3 heterocycles. The first kappa shape index (κ1) is 33.0. The number of piperidine rings is 1. The zero-order valence-corrected chi connectivity index (χ0v) is 28.0. The van der Waals surface area contributed by atoms with E-state index in [0.29, 0.717) is 37.2 Å².